The molecule has 12 heteroatoms. The Balaban J connectivity index is 1.83. The van der Waals surface area contributed by atoms with Crippen LogP contribution in [-0.4, -0.2) is 26.4 Å². The molecule has 12 nitrogen and oxygen atoms in total. The van der Waals surface area contributed by atoms with Gasteiger partial charge >= 0.3 is 16.9 Å². The maximum absolute atomic E-state index is 11.7. The number of hydrogen-bond donors (Lipinski definition) is 2. The number of nitrogens with one attached hydrogen (secondary N) is 2. The lowest BCUT2D eigenvalue weighted by Crippen LogP contribution is -2.25. The van der Waals surface area contributed by atoms with Crippen LogP contribution < -0.4 is 20.7 Å². The molecule has 0 aliphatic carbocycles. The quantitative estimate of drug-likeness (QED) is 0.367. The van der Waals surface area contributed by atoms with Crippen LogP contribution in [0.15, 0.2) is 52.1 Å². The second-order valence-electron chi connectivity index (χ2n) is 6.61. The number of hydrogen-bond acceptors (Lipinski definition) is 8. The molecule has 0 radical (unpaired) electrons. The van der Waals surface area contributed by atoms with E-state index in [1.165, 1.54) is 24.3 Å². The topological polar surface area (TPSA) is 170 Å². The Morgan fingerprint density at radius 1 is 0.909 bits per heavy atom. The number of ether oxygens (including phenoxy) is 2. The van der Waals surface area contributed by atoms with Crippen molar-refractivity contribution < 1.29 is 19.3 Å². The third-order valence-electron chi connectivity index (χ3n) is 4.38. The predicted molar refractivity (Wildman–Crippen MR) is 118 cm³/mol. The summed E-state index contributed by atoms with van der Waals surface area (Å²) in [4.78, 5) is 47.8. The van der Waals surface area contributed by atoms with Crippen LogP contribution in [0, 0.1) is 20.2 Å². The number of nitro groups is 2. The number of benzene rings is 2. The Labute approximate surface area is 185 Å². The molecule has 33 heavy (non-hydrogen) atoms. The van der Waals surface area contributed by atoms with Crippen molar-refractivity contribution in [3.8, 4) is 11.5 Å². The second kappa shape index (κ2) is 10.0. The Kier molecular flexibility index (Phi) is 6.98. The van der Waals surface area contributed by atoms with Crippen LogP contribution >= 0.6 is 0 Å². The van der Waals surface area contributed by atoms with Gasteiger partial charge in [0.2, 0.25) is 0 Å². The summed E-state index contributed by atoms with van der Waals surface area (Å²) in [5.74, 6) is 0.818. The molecule has 2 aromatic carbocycles. The number of aromatic amines is 2. The van der Waals surface area contributed by atoms with E-state index in [9.17, 15) is 29.8 Å². The first-order valence-electron chi connectivity index (χ1n) is 9.60. The summed E-state index contributed by atoms with van der Waals surface area (Å²) >= 11 is 0. The monoisotopic (exact) mass is 454 g/mol. The Bertz CT molecular complexity index is 1330. The average Bonchev–Trinajstić information content (AvgIpc) is 2.76. The minimum Gasteiger partial charge on any atom is -0.490 e. The van der Waals surface area contributed by atoms with Crippen LogP contribution in [0.2, 0.25) is 0 Å². The van der Waals surface area contributed by atoms with Crippen LogP contribution in [0.3, 0.4) is 0 Å². The number of non-ortho nitro benzene ring substituents is 1. The number of nitrogens with zero attached hydrogens (tertiary/aromatic N) is 2. The van der Waals surface area contributed by atoms with Crippen LogP contribution in [0.5, 0.6) is 11.5 Å². The zero-order valence-corrected chi connectivity index (χ0v) is 17.3. The summed E-state index contributed by atoms with van der Waals surface area (Å²) in [6.45, 7) is 2.27. The lowest BCUT2D eigenvalue weighted by molar-refractivity contribution is -0.386. The zero-order valence-electron chi connectivity index (χ0n) is 17.3. The van der Waals surface area contributed by atoms with Gasteiger partial charge in [0.1, 0.15) is 12.3 Å². The maximum atomic E-state index is 11.7. The van der Waals surface area contributed by atoms with E-state index in [0.29, 0.717) is 23.7 Å². The lowest BCUT2D eigenvalue weighted by atomic mass is 10.1. The van der Waals surface area contributed by atoms with E-state index in [2.05, 4.69) is 4.98 Å². The Morgan fingerprint density at radius 3 is 2.27 bits per heavy atom. The van der Waals surface area contributed by atoms with E-state index in [-0.39, 0.29) is 18.0 Å². The van der Waals surface area contributed by atoms with E-state index in [0.717, 1.165) is 5.56 Å². The minimum absolute atomic E-state index is 0.0214. The molecule has 3 rings (SSSR count). The second-order valence-corrected chi connectivity index (χ2v) is 6.61. The molecule has 1 heterocycles. The SMILES string of the molecule is CCOc1cc(/C=C\c2[nH]c(=O)[nH]c(=O)c2[N+](=O)[O-])ccc1OCc1ccc([N+](=O)[O-])cc1. The zero-order chi connectivity index (χ0) is 24.0. The molecule has 0 fully saturated rings. The average molecular weight is 454 g/mol. The number of aromatic nitrogens is 2. The molecule has 2 N–H and O–H groups in total. The van der Waals surface area contributed by atoms with E-state index in [1.807, 2.05) is 4.98 Å². The fourth-order valence-corrected chi connectivity index (χ4v) is 2.87. The van der Waals surface area contributed by atoms with Gasteiger partial charge < -0.3 is 14.5 Å². The van der Waals surface area contributed by atoms with Gasteiger partial charge in [-0.2, -0.15) is 0 Å². The third kappa shape index (κ3) is 5.70. The van der Waals surface area contributed by atoms with Crippen LogP contribution in [0.25, 0.3) is 12.2 Å². The highest BCUT2D eigenvalue weighted by Crippen LogP contribution is 2.30. The van der Waals surface area contributed by atoms with Crippen molar-refractivity contribution in [2.45, 2.75) is 13.5 Å². The molecular formula is C21H18N4O8. The molecule has 0 aliphatic heterocycles. The first-order valence-corrected chi connectivity index (χ1v) is 9.60. The smallest absolute Gasteiger partial charge is 0.357 e. The molecule has 0 saturated heterocycles. The molecule has 0 amide bonds. The number of nitro benzene ring substituents is 1. The number of H-pyrrole nitrogens is 2. The van der Waals surface area contributed by atoms with Crippen molar-refractivity contribution in [2.24, 2.45) is 0 Å². The molecule has 0 saturated carbocycles. The van der Waals surface area contributed by atoms with Crippen molar-refractivity contribution in [3.05, 3.63) is 100 Å². The first kappa shape index (κ1) is 22.9. The molecule has 0 unspecified atom stereocenters. The van der Waals surface area contributed by atoms with Gasteiger partial charge in [0.25, 0.3) is 5.69 Å². The first-order chi connectivity index (χ1) is 15.8. The largest absolute Gasteiger partial charge is 0.490 e. The fourth-order valence-electron chi connectivity index (χ4n) is 2.87. The molecular weight excluding hydrogens is 436 g/mol. The van der Waals surface area contributed by atoms with Crippen LogP contribution in [0.4, 0.5) is 11.4 Å². The van der Waals surface area contributed by atoms with Gasteiger partial charge in [-0.3, -0.25) is 30.0 Å². The molecule has 0 spiro atoms. The van der Waals surface area contributed by atoms with Crippen molar-refractivity contribution in [1.82, 2.24) is 9.97 Å². The fraction of sp³-hybridized carbons (Fsp3) is 0.143. The van der Waals surface area contributed by atoms with Crippen molar-refractivity contribution in [2.75, 3.05) is 6.61 Å². The lowest BCUT2D eigenvalue weighted by Gasteiger charge is -2.12. The Morgan fingerprint density at radius 2 is 1.64 bits per heavy atom. The van der Waals surface area contributed by atoms with E-state index in [1.54, 1.807) is 37.3 Å². The van der Waals surface area contributed by atoms with E-state index >= 15 is 0 Å². The minimum atomic E-state index is -1.10. The summed E-state index contributed by atoms with van der Waals surface area (Å²) < 4.78 is 11.4. The normalized spacial score (nSPS) is 10.8. The molecule has 0 aliphatic rings. The summed E-state index contributed by atoms with van der Waals surface area (Å²) in [6, 6.07) is 10.9. The van der Waals surface area contributed by atoms with Gasteiger partial charge in [-0.25, -0.2) is 4.79 Å². The summed E-state index contributed by atoms with van der Waals surface area (Å²) in [5.41, 5.74) is -1.73. The number of rotatable bonds is 9. The molecule has 0 bridgehead atoms. The van der Waals surface area contributed by atoms with Gasteiger partial charge in [0, 0.05) is 12.1 Å². The highest BCUT2D eigenvalue weighted by atomic mass is 16.6. The van der Waals surface area contributed by atoms with E-state index < -0.39 is 26.8 Å². The van der Waals surface area contributed by atoms with Crippen LogP contribution in [-0.2, 0) is 6.61 Å². The third-order valence-corrected chi connectivity index (χ3v) is 4.38. The van der Waals surface area contributed by atoms with Gasteiger partial charge in [0.05, 0.1) is 16.5 Å². The highest BCUT2D eigenvalue weighted by molar-refractivity contribution is 5.72. The summed E-state index contributed by atoms with van der Waals surface area (Å²) in [6.07, 6.45) is 2.72. The van der Waals surface area contributed by atoms with Crippen molar-refractivity contribution >= 4 is 23.5 Å². The summed E-state index contributed by atoms with van der Waals surface area (Å²) in [7, 11) is 0. The van der Waals surface area contributed by atoms with Gasteiger partial charge in [-0.1, -0.05) is 12.1 Å². The molecule has 170 valence electrons. The highest BCUT2D eigenvalue weighted by Gasteiger charge is 2.18. The van der Waals surface area contributed by atoms with Gasteiger partial charge in [-0.05, 0) is 48.4 Å². The summed E-state index contributed by atoms with van der Waals surface area (Å²) in [5, 5.41) is 21.9. The van der Waals surface area contributed by atoms with Gasteiger partial charge in [-0.15, -0.1) is 0 Å². The molecule has 0 atom stereocenters. The Hall–Kier alpha value is -4.74. The van der Waals surface area contributed by atoms with Gasteiger partial charge in [0.15, 0.2) is 11.5 Å². The van der Waals surface area contributed by atoms with E-state index in [4.69, 9.17) is 9.47 Å². The molecule has 3 aromatic rings. The predicted octanol–water partition coefficient (Wildman–Crippen LogP) is 3.03. The van der Waals surface area contributed by atoms with Crippen molar-refractivity contribution in [3.63, 3.8) is 0 Å². The standard InChI is InChI=1S/C21H18N4O8/c1-2-32-18-11-13(5-9-16-19(25(30)31)20(26)23-21(27)22-16)6-10-17(18)33-12-14-3-7-15(8-4-14)24(28)29/h3-11H,2,12H2,1H3,(H2,22,23,26,27)/b9-5-. The van der Waals surface area contributed by atoms with Crippen LogP contribution in [0.1, 0.15) is 23.7 Å². The maximum Gasteiger partial charge on any atom is 0.357 e. The molecule has 1 aromatic heterocycles. The van der Waals surface area contributed by atoms with Crippen molar-refractivity contribution in [1.29, 1.82) is 0 Å².